The summed E-state index contributed by atoms with van der Waals surface area (Å²) < 4.78 is 2.66. The van der Waals surface area contributed by atoms with E-state index in [0.29, 0.717) is 5.56 Å². The number of carbonyl (C=O) groups is 1. The average Bonchev–Trinajstić information content (AvgIpc) is 2.65. The Morgan fingerprint density at radius 3 is 2.87 bits per heavy atom. The third-order valence-corrected chi connectivity index (χ3v) is 2.58. The van der Waals surface area contributed by atoms with E-state index < -0.39 is 0 Å². The van der Waals surface area contributed by atoms with Crippen molar-refractivity contribution in [3.8, 4) is 5.69 Å². The van der Waals surface area contributed by atoms with Gasteiger partial charge in [0.05, 0.1) is 16.4 Å². The number of aromatic nitrogens is 2. The van der Waals surface area contributed by atoms with E-state index >= 15 is 0 Å². The fourth-order valence-corrected chi connectivity index (χ4v) is 1.66. The SMILES string of the molecule is Cc1ccc(C=O)cc1-n1cc(Br)cn1. The van der Waals surface area contributed by atoms with Crippen molar-refractivity contribution >= 4 is 22.2 Å². The molecule has 2 rings (SSSR count). The first-order chi connectivity index (χ1) is 7.20. The van der Waals surface area contributed by atoms with Gasteiger partial charge in [0.25, 0.3) is 0 Å². The minimum Gasteiger partial charge on any atom is -0.298 e. The Morgan fingerprint density at radius 2 is 2.27 bits per heavy atom. The lowest BCUT2D eigenvalue weighted by molar-refractivity contribution is 0.112. The zero-order valence-electron chi connectivity index (χ0n) is 8.14. The highest BCUT2D eigenvalue weighted by Gasteiger charge is 2.03. The van der Waals surface area contributed by atoms with Gasteiger partial charge in [0.2, 0.25) is 0 Å². The van der Waals surface area contributed by atoms with E-state index in [9.17, 15) is 4.79 Å². The maximum atomic E-state index is 10.7. The molecule has 0 aliphatic carbocycles. The van der Waals surface area contributed by atoms with Crippen LogP contribution in [-0.4, -0.2) is 16.1 Å². The Kier molecular flexibility index (Phi) is 2.68. The molecule has 1 heterocycles. The summed E-state index contributed by atoms with van der Waals surface area (Å²) in [5, 5.41) is 4.18. The van der Waals surface area contributed by atoms with Gasteiger partial charge in [-0.3, -0.25) is 4.79 Å². The highest BCUT2D eigenvalue weighted by Crippen LogP contribution is 2.17. The van der Waals surface area contributed by atoms with E-state index in [0.717, 1.165) is 22.0 Å². The lowest BCUT2D eigenvalue weighted by atomic mass is 10.1. The highest BCUT2D eigenvalue weighted by atomic mass is 79.9. The smallest absolute Gasteiger partial charge is 0.150 e. The van der Waals surface area contributed by atoms with Crippen molar-refractivity contribution < 1.29 is 4.79 Å². The van der Waals surface area contributed by atoms with E-state index in [1.165, 1.54) is 0 Å². The van der Waals surface area contributed by atoms with E-state index in [-0.39, 0.29) is 0 Å². The fraction of sp³-hybridized carbons (Fsp3) is 0.0909. The summed E-state index contributed by atoms with van der Waals surface area (Å²) in [5.74, 6) is 0. The summed E-state index contributed by atoms with van der Waals surface area (Å²) in [6, 6.07) is 5.53. The Balaban J connectivity index is 2.55. The van der Waals surface area contributed by atoms with Crippen molar-refractivity contribution in [2.75, 3.05) is 0 Å². The summed E-state index contributed by atoms with van der Waals surface area (Å²) in [4.78, 5) is 10.7. The van der Waals surface area contributed by atoms with Crippen LogP contribution in [0.1, 0.15) is 15.9 Å². The molecule has 4 heteroatoms. The Bertz CT molecular complexity index is 505. The van der Waals surface area contributed by atoms with Crippen LogP contribution in [0.4, 0.5) is 0 Å². The van der Waals surface area contributed by atoms with Crippen LogP contribution in [0.15, 0.2) is 35.1 Å². The molecule has 0 amide bonds. The van der Waals surface area contributed by atoms with E-state index in [1.54, 1.807) is 16.9 Å². The summed E-state index contributed by atoms with van der Waals surface area (Å²) in [6.07, 6.45) is 4.41. The minimum absolute atomic E-state index is 0.655. The molecule has 3 nitrogen and oxygen atoms in total. The molecule has 2 aromatic rings. The first-order valence-electron chi connectivity index (χ1n) is 4.47. The number of hydrogen-bond donors (Lipinski definition) is 0. The molecule has 0 fully saturated rings. The van der Waals surface area contributed by atoms with Gasteiger partial charge in [-0.1, -0.05) is 12.1 Å². The van der Waals surface area contributed by atoms with Crippen LogP contribution in [0.3, 0.4) is 0 Å². The van der Waals surface area contributed by atoms with Crippen LogP contribution in [0.2, 0.25) is 0 Å². The first-order valence-corrected chi connectivity index (χ1v) is 5.26. The predicted molar refractivity (Wildman–Crippen MR) is 61.4 cm³/mol. The van der Waals surface area contributed by atoms with Gasteiger partial charge in [-0.15, -0.1) is 0 Å². The van der Waals surface area contributed by atoms with Crippen molar-refractivity contribution in [1.29, 1.82) is 0 Å². The number of carbonyl (C=O) groups excluding carboxylic acids is 1. The molecule has 0 bridgehead atoms. The van der Waals surface area contributed by atoms with Crippen LogP contribution >= 0.6 is 15.9 Å². The molecule has 15 heavy (non-hydrogen) atoms. The molecule has 0 unspecified atom stereocenters. The summed E-state index contributed by atoms with van der Waals surface area (Å²) in [7, 11) is 0. The minimum atomic E-state index is 0.655. The summed E-state index contributed by atoms with van der Waals surface area (Å²) in [5.41, 5.74) is 2.66. The zero-order valence-corrected chi connectivity index (χ0v) is 9.73. The lowest BCUT2D eigenvalue weighted by Gasteiger charge is -2.05. The number of nitrogens with zero attached hydrogens (tertiary/aromatic N) is 2. The Labute approximate surface area is 95.9 Å². The van der Waals surface area contributed by atoms with Gasteiger partial charge in [-0.05, 0) is 34.5 Å². The van der Waals surface area contributed by atoms with Crippen LogP contribution in [0.5, 0.6) is 0 Å². The molecule has 76 valence electrons. The first kappa shape index (κ1) is 10.1. The van der Waals surface area contributed by atoms with Crippen molar-refractivity contribution in [3.63, 3.8) is 0 Å². The number of hydrogen-bond acceptors (Lipinski definition) is 2. The van der Waals surface area contributed by atoms with Crippen LogP contribution in [0, 0.1) is 6.92 Å². The lowest BCUT2D eigenvalue weighted by Crippen LogP contribution is -1.98. The van der Waals surface area contributed by atoms with Crippen molar-refractivity contribution in [2.24, 2.45) is 0 Å². The Hall–Kier alpha value is -1.42. The molecule has 0 saturated carbocycles. The Morgan fingerprint density at radius 1 is 1.47 bits per heavy atom. The second-order valence-corrected chi connectivity index (χ2v) is 4.18. The third-order valence-electron chi connectivity index (χ3n) is 2.17. The van der Waals surface area contributed by atoms with Gasteiger partial charge in [-0.25, -0.2) is 4.68 Å². The topological polar surface area (TPSA) is 34.9 Å². The molecule has 0 aliphatic heterocycles. The molecule has 0 N–H and O–H groups in total. The predicted octanol–water partition coefficient (Wildman–Crippen LogP) is 2.76. The summed E-state index contributed by atoms with van der Waals surface area (Å²) in [6.45, 7) is 1.99. The maximum absolute atomic E-state index is 10.7. The number of halogens is 1. The molecule has 1 aromatic carbocycles. The second-order valence-electron chi connectivity index (χ2n) is 3.27. The van der Waals surface area contributed by atoms with Crippen molar-refractivity contribution in [2.45, 2.75) is 6.92 Å². The molecule has 0 atom stereocenters. The molecular formula is C11H9BrN2O. The largest absolute Gasteiger partial charge is 0.298 e. The molecule has 0 spiro atoms. The third kappa shape index (κ3) is 1.99. The van der Waals surface area contributed by atoms with E-state index in [2.05, 4.69) is 21.0 Å². The zero-order chi connectivity index (χ0) is 10.8. The van der Waals surface area contributed by atoms with Crippen LogP contribution in [-0.2, 0) is 0 Å². The number of rotatable bonds is 2. The highest BCUT2D eigenvalue weighted by molar-refractivity contribution is 9.10. The standard InChI is InChI=1S/C11H9BrN2O/c1-8-2-3-9(7-15)4-11(8)14-6-10(12)5-13-14/h2-7H,1H3. The quantitative estimate of drug-likeness (QED) is 0.782. The molecular weight excluding hydrogens is 256 g/mol. The molecule has 0 saturated heterocycles. The molecule has 0 aliphatic rings. The number of aldehydes is 1. The van der Waals surface area contributed by atoms with Gasteiger partial charge in [0, 0.05) is 11.8 Å². The van der Waals surface area contributed by atoms with Gasteiger partial charge in [0.1, 0.15) is 6.29 Å². The maximum Gasteiger partial charge on any atom is 0.150 e. The van der Waals surface area contributed by atoms with Crippen molar-refractivity contribution in [1.82, 2.24) is 9.78 Å². The van der Waals surface area contributed by atoms with Crippen LogP contribution < -0.4 is 0 Å². The number of aryl methyl sites for hydroxylation is 1. The second kappa shape index (κ2) is 3.98. The van der Waals surface area contributed by atoms with Crippen molar-refractivity contribution in [3.05, 3.63) is 46.2 Å². The molecule has 0 radical (unpaired) electrons. The van der Waals surface area contributed by atoms with Crippen LogP contribution in [0.25, 0.3) is 5.69 Å². The summed E-state index contributed by atoms with van der Waals surface area (Å²) >= 11 is 3.34. The fourth-order valence-electron chi connectivity index (χ4n) is 1.38. The van der Waals surface area contributed by atoms with Gasteiger partial charge >= 0.3 is 0 Å². The van der Waals surface area contributed by atoms with E-state index in [4.69, 9.17) is 0 Å². The molecule has 1 aromatic heterocycles. The monoisotopic (exact) mass is 264 g/mol. The average molecular weight is 265 g/mol. The normalized spacial score (nSPS) is 10.3. The number of benzene rings is 1. The van der Waals surface area contributed by atoms with Gasteiger partial charge < -0.3 is 0 Å². The van der Waals surface area contributed by atoms with Gasteiger partial charge in [0.15, 0.2) is 0 Å². The van der Waals surface area contributed by atoms with E-state index in [1.807, 2.05) is 25.3 Å². The van der Waals surface area contributed by atoms with Gasteiger partial charge in [-0.2, -0.15) is 5.10 Å².